The van der Waals surface area contributed by atoms with Crippen LogP contribution in [0.1, 0.15) is 27.7 Å². The molecule has 0 nitrogen and oxygen atoms in total. The molecule has 0 bridgehead atoms. The summed E-state index contributed by atoms with van der Waals surface area (Å²) in [5.41, 5.74) is 6.81. The van der Waals surface area contributed by atoms with Gasteiger partial charge in [-0.1, -0.05) is 151 Å². The second-order valence-electron chi connectivity index (χ2n) is 9.28. The van der Waals surface area contributed by atoms with E-state index in [0.29, 0.717) is 11.3 Å². The lowest BCUT2D eigenvalue weighted by Gasteiger charge is -2.44. The fourth-order valence-corrected chi connectivity index (χ4v) is 8.39. The van der Waals surface area contributed by atoms with Crippen LogP contribution in [-0.2, 0) is 0 Å². The fraction of sp³-hybridized carbons (Fsp3) is 0.200. The summed E-state index contributed by atoms with van der Waals surface area (Å²) >= 11 is 0. The summed E-state index contributed by atoms with van der Waals surface area (Å²) < 4.78 is 0. The molecule has 0 amide bonds. The zero-order valence-corrected chi connectivity index (χ0v) is 20.5. The first-order valence-electron chi connectivity index (χ1n) is 11.8. The van der Waals surface area contributed by atoms with Crippen molar-refractivity contribution >= 4 is 41.2 Å². The van der Waals surface area contributed by atoms with Gasteiger partial charge in [0.25, 0.3) is 0 Å². The summed E-state index contributed by atoms with van der Waals surface area (Å²) in [6, 6.07) is 42.8. The van der Waals surface area contributed by atoms with Crippen LogP contribution in [0.15, 0.2) is 115 Å². The monoisotopic (exact) mass is 435 g/mol. The third-order valence-electron chi connectivity index (χ3n) is 6.70. The fourth-order valence-electron chi connectivity index (χ4n) is 5.51. The van der Waals surface area contributed by atoms with Crippen LogP contribution < -0.4 is 27.2 Å². The Morgan fingerprint density at radius 1 is 0.438 bits per heavy atom. The summed E-state index contributed by atoms with van der Waals surface area (Å²) in [6.07, 6.45) is -1.28. The molecule has 0 saturated heterocycles. The number of rotatable bonds is 7. The first kappa shape index (κ1) is 22.6. The van der Waals surface area contributed by atoms with Crippen LogP contribution in [0.2, 0.25) is 0 Å². The topological polar surface area (TPSA) is 0 Å². The van der Waals surface area contributed by atoms with E-state index >= 15 is 0 Å². The number of benzene rings is 4. The Balaban J connectivity index is 1.98. The molecule has 162 valence electrons. The van der Waals surface area contributed by atoms with Gasteiger partial charge in [-0.25, -0.2) is 0 Å². The second-order valence-corrected chi connectivity index (χ2v) is 12.7. The van der Waals surface area contributed by atoms with Gasteiger partial charge < -0.3 is 0 Å². The minimum absolute atomic E-state index is 0.178. The summed E-state index contributed by atoms with van der Waals surface area (Å²) in [5, 5.41) is 1.51. The minimum Gasteiger partial charge on any atom is -0.195 e. The SMILES string of the molecule is CC(C)P(c1ccc([B-](c2ccccc2)(c2ccccc2)c2ccccc2)cc1)C(C)C. The Morgan fingerprint density at radius 3 is 1.06 bits per heavy atom. The molecule has 0 radical (unpaired) electrons. The summed E-state index contributed by atoms with van der Waals surface area (Å²) in [5.74, 6) is 0. The highest BCUT2D eigenvalue weighted by atomic mass is 31.1. The average molecular weight is 435 g/mol. The van der Waals surface area contributed by atoms with Gasteiger partial charge in [-0.3, -0.25) is 0 Å². The summed E-state index contributed by atoms with van der Waals surface area (Å²) in [4.78, 5) is 0. The molecule has 0 aliphatic heterocycles. The standard InChI is InChI=1S/C30H33BP/c1-24(2)32(25(3)4)30-22-20-29(21-23-30)31(26-14-8-5-9-15-26,27-16-10-6-11-17-27)28-18-12-7-13-19-28/h5-25H,1-4H3/q-1. The van der Waals surface area contributed by atoms with Crippen LogP contribution >= 0.6 is 7.92 Å². The van der Waals surface area contributed by atoms with Crippen molar-refractivity contribution in [1.29, 1.82) is 0 Å². The van der Waals surface area contributed by atoms with Crippen molar-refractivity contribution < 1.29 is 0 Å². The maximum absolute atomic E-state index is 2.41. The molecule has 0 atom stereocenters. The zero-order valence-electron chi connectivity index (χ0n) is 19.6. The van der Waals surface area contributed by atoms with E-state index in [4.69, 9.17) is 0 Å². The second kappa shape index (κ2) is 9.89. The molecule has 0 N–H and O–H groups in total. The van der Waals surface area contributed by atoms with Crippen molar-refractivity contribution in [1.82, 2.24) is 0 Å². The lowest BCUT2D eigenvalue weighted by Crippen LogP contribution is -2.74. The van der Waals surface area contributed by atoms with Crippen LogP contribution in [0.25, 0.3) is 0 Å². The molecule has 0 saturated carbocycles. The van der Waals surface area contributed by atoms with Gasteiger partial charge in [0.15, 0.2) is 0 Å². The van der Waals surface area contributed by atoms with Gasteiger partial charge in [0.2, 0.25) is 0 Å². The van der Waals surface area contributed by atoms with Gasteiger partial charge in [-0.15, -0.1) is 0 Å². The quantitative estimate of drug-likeness (QED) is 0.284. The predicted molar refractivity (Wildman–Crippen MR) is 147 cm³/mol. The molecule has 0 aliphatic rings. The molecule has 0 aromatic heterocycles. The Bertz CT molecular complexity index is 999. The van der Waals surface area contributed by atoms with Gasteiger partial charge in [0, 0.05) is 0 Å². The lowest BCUT2D eigenvalue weighted by atomic mass is 9.13. The van der Waals surface area contributed by atoms with Gasteiger partial charge in [-0.05, 0) is 16.6 Å². The maximum Gasteiger partial charge on any atom is 0.108 e. The first-order chi connectivity index (χ1) is 15.5. The highest BCUT2D eigenvalue weighted by Crippen LogP contribution is 2.44. The van der Waals surface area contributed by atoms with Crippen molar-refractivity contribution in [3.05, 3.63) is 115 Å². The molecular weight excluding hydrogens is 402 g/mol. The van der Waals surface area contributed by atoms with Crippen molar-refractivity contribution in [2.75, 3.05) is 0 Å². The van der Waals surface area contributed by atoms with Gasteiger partial charge in [0.05, 0.1) is 0 Å². The van der Waals surface area contributed by atoms with E-state index in [9.17, 15) is 0 Å². The molecule has 4 aromatic carbocycles. The third kappa shape index (κ3) is 4.20. The minimum atomic E-state index is -1.28. The van der Waals surface area contributed by atoms with Crippen LogP contribution in [0.3, 0.4) is 0 Å². The molecule has 2 heteroatoms. The first-order valence-corrected chi connectivity index (χ1v) is 13.2. The van der Waals surface area contributed by atoms with Crippen molar-refractivity contribution in [3.8, 4) is 0 Å². The number of hydrogen-bond acceptors (Lipinski definition) is 0. The van der Waals surface area contributed by atoms with E-state index in [0.717, 1.165) is 0 Å². The Hall–Kier alpha value is -2.63. The summed E-state index contributed by atoms with van der Waals surface area (Å²) in [6.45, 7) is 9.47. The maximum atomic E-state index is 2.41. The number of hydrogen-bond donors (Lipinski definition) is 0. The highest BCUT2D eigenvalue weighted by Gasteiger charge is 2.31. The highest BCUT2D eigenvalue weighted by molar-refractivity contribution is 7.66. The molecule has 4 aromatic rings. The Morgan fingerprint density at radius 2 is 0.750 bits per heavy atom. The lowest BCUT2D eigenvalue weighted by molar-refractivity contribution is 1.02. The van der Waals surface area contributed by atoms with Crippen LogP contribution in [-0.4, -0.2) is 17.5 Å². The van der Waals surface area contributed by atoms with E-state index in [1.165, 1.54) is 27.2 Å². The van der Waals surface area contributed by atoms with Crippen molar-refractivity contribution in [3.63, 3.8) is 0 Å². The normalized spacial score (nSPS) is 12.0. The van der Waals surface area contributed by atoms with Crippen LogP contribution in [0.5, 0.6) is 0 Å². The van der Waals surface area contributed by atoms with Gasteiger partial charge in [-0.2, -0.15) is 21.9 Å². The molecule has 0 unspecified atom stereocenters. The third-order valence-corrected chi connectivity index (χ3v) is 9.82. The smallest absolute Gasteiger partial charge is 0.108 e. The molecule has 32 heavy (non-hydrogen) atoms. The molecule has 0 fully saturated rings. The van der Waals surface area contributed by atoms with Gasteiger partial charge in [0.1, 0.15) is 6.15 Å². The van der Waals surface area contributed by atoms with E-state index in [2.05, 4.69) is 143 Å². The Kier molecular flexibility index (Phi) is 6.97. The van der Waals surface area contributed by atoms with Crippen molar-refractivity contribution in [2.24, 2.45) is 0 Å². The van der Waals surface area contributed by atoms with Crippen molar-refractivity contribution in [2.45, 2.75) is 39.0 Å². The van der Waals surface area contributed by atoms with Crippen LogP contribution in [0, 0.1) is 0 Å². The zero-order chi connectivity index (χ0) is 22.6. The van der Waals surface area contributed by atoms with Crippen LogP contribution in [0.4, 0.5) is 0 Å². The average Bonchev–Trinajstić information content (AvgIpc) is 2.82. The van der Waals surface area contributed by atoms with E-state index in [1.54, 1.807) is 0 Å². The van der Waals surface area contributed by atoms with E-state index < -0.39 is 6.15 Å². The molecule has 0 heterocycles. The largest absolute Gasteiger partial charge is 0.195 e. The summed E-state index contributed by atoms with van der Waals surface area (Å²) in [7, 11) is -0.178. The molecule has 0 spiro atoms. The predicted octanol–water partition coefficient (Wildman–Crippen LogP) is 4.99. The Labute approximate surface area is 195 Å². The van der Waals surface area contributed by atoms with E-state index in [1.807, 2.05) is 0 Å². The molecular formula is C30H33BP-. The van der Waals surface area contributed by atoms with Gasteiger partial charge >= 0.3 is 0 Å². The van der Waals surface area contributed by atoms with E-state index in [-0.39, 0.29) is 7.92 Å². The molecule has 0 aliphatic carbocycles. The molecule has 4 rings (SSSR count).